The molecule has 1 aromatic rings. The molecule has 2 rings (SSSR count). The van der Waals surface area contributed by atoms with Crippen molar-refractivity contribution in [2.45, 2.75) is 32.2 Å². The summed E-state index contributed by atoms with van der Waals surface area (Å²) in [6.45, 7) is 2.02. The maximum atomic E-state index is 11.7. The molecule has 0 aromatic carbocycles. The quantitative estimate of drug-likeness (QED) is 0.687. The van der Waals surface area contributed by atoms with Crippen molar-refractivity contribution in [3.63, 3.8) is 0 Å². The zero-order chi connectivity index (χ0) is 10.8. The Hall–Kier alpha value is -1.52. The van der Waals surface area contributed by atoms with E-state index < -0.39 is 0 Å². The van der Waals surface area contributed by atoms with Crippen molar-refractivity contribution in [2.24, 2.45) is 5.92 Å². The molecule has 1 aromatic heterocycles. The number of carbonyl (C=O) groups is 1. The maximum absolute atomic E-state index is 11.7. The maximum Gasteiger partial charge on any atom is 0.256 e. The van der Waals surface area contributed by atoms with Gasteiger partial charge in [0, 0.05) is 6.04 Å². The van der Waals surface area contributed by atoms with Crippen LogP contribution in [0.2, 0.25) is 0 Å². The monoisotopic (exact) mass is 208 g/mol. The number of aromatic nitrogens is 2. The van der Waals surface area contributed by atoms with Gasteiger partial charge >= 0.3 is 0 Å². The Morgan fingerprint density at radius 3 is 3.07 bits per heavy atom. The second-order valence-electron chi connectivity index (χ2n) is 4.25. The topological polar surface area (TPSA) is 83.8 Å². The lowest BCUT2D eigenvalue weighted by Crippen LogP contribution is -2.33. The summed E-state index contributed by atoms with van der Waals surface area (Å²) in [5.74, 6) is 0.988. The summed E-state index contributed by atoms with van der Waals surface area (Å²) >= 11 is 0. The molecule has 15 heavy (non-hydrogen) atoms. The van der Waals surface area contributed by atoms with E-state index in [1.54, 1.807) is 0 Å². The van der Waals surface area contributed by atoms with Crippen molar-refractivity contribution in [3.05, 3.63) is 11.8 Å². The van der Waals surface area contributed by atoms with Crippen LogP contribution in [0.5, 0.6) is 0 Å². The predicted molar refractivity (Wildman–Crippen MR) is 57.3 cm³/mol. The molecule has 82 valence electrons. The summed E-state index contributed by atoms with van der Waals surface area (Å²) in [6.07, 6.45) is 5.11. The van der Waals surface area contributed by atoms with Crippen LogP contribution < -0.4 is 11.1 Å². The van der Waals surface area contributed by atoms with Crippen LogP contribution in [0.3, 0.4) is 0 Å². The number of carbonyl (C=O) groups excluding carboxylic acids is 1. The van der Waals surface area contributed by atoms with Gasteiger partial charge < -0.3 is 11.1 Å². The molecule has 0 bridgehead atoms. The lowest BCUT2D eigenvalue weighted by atomic mass is 10.1. The highest BCUT2D eigenvalue weighted by Crippen LogP contribution is 2.33. The fraction of sp³-hybridized carbons (Fsp3) is 0.600. The Kier molecular flexibility index (Phi) is 2.62. The van der Waals surface area contributed by atoms with E-state index in [9.17, 15) is 4.79 Å². The average Bonchev–Trinajstić information content (AvgIpc) is 2.85. The molecule has 0 radical (unpaired) electrons. The fourth-order valence-electron chi connectivity index (χ4n) is 1.69. The number of aromatic amines is 1. The molecule has 1 aliphatic rings. The van der Waals surface area contributed by atoms with E-state index in [4.69, 9.17) is 5.73 Å². The van der Waals surface area contributed by atoms with Crippen molar-refractivity contribution < 1.29 is 4.79 Å². The van der Waals surface area contributed by atoms with Crippen LogP contribution in [-0.4, -0.2) is 22.1 Å². The van der Waals surface area contributed by atoms with Gasteiger partial charge in [-0.05, 0) is 19.3 Å². The Labute approximate surface area is 88.4 Å². The zero-order valence-electron chi connectivity index (χ0n) is 8.79. The van der Waals surface area contributed by atoms with Crippen molar-refractivity contribution in [1.82, 2.24) is 15.5 Å². The minimum atomic E-state index is -0.144. The number of hydrogen-bond donors (Lipinski definition) is 3. The highest BCUT2D eigenvalue weighted by atomic mass is 16.1. The normalized spacial score (nSPS) is 17.4. The summed E-state index contributed by atoms with van der Waals surface area (Å²) in [5, 5.41) is 9.17. The lowest BCUT2D eigenvalue weighted by Gasteiger charge is -2.12. The van der Waals surface area contributed by atoms with E-state index in [2.05, 4.69) is 15.5 Å². The Morgan fingerprint density at radius 1 is 1.80 bits per heavy atom. The van der Waals surface area contributed by atoms with E-state index >= 15 is 0 Å². The summed E-state index contributed by atoms with van der Waals surface area (Å²) in [7, 11) is 0. The van der Waals surface area contributed by atoms with Gasteiger partial charge in [-0.2, -0.15) is 5.10 Å². The van der Waals surface area contributed by atoms with Gasteiger partial charge in [-0.3, -0.25) is 9.89 Å². The molecule has 4 N–H and O–H groups in total. The molecular formula is C10H16N4O. The van der Waals surface area contributed by atoms with Crippen LogP contribution in [-0.2, 0) is 0 Å². The molecule has 1 heterocycles. The molecule has 1 amide bonds. The number of nitrogens with one attached hydrogen (secondary N) is 2. The largest absolute Gasteiger partial charge is 0.383 e. The highest BCUT2D eigenvalue weighted by molar-refractivity contribution is 5.98. The van der Waals surface area contributed by atoms with Crippen molar-refractivity contribution >= 4 is 11.7 Å². The first-order valence-electron chi connectivity index (χ1n) is 5.26. The third-order valence-corrected chi connectivity index (χ3v) is 2.67. The minimum absolute atomic E-state index is 0.144. The number of H-pyrrole nitrogens is 1. The first-order chi connectivity index (χ1) is 7.16. The van der Waals surface area contributed by atoms with Gasteiger partial charge in [0.05, 0.1) is 6.20 Å². The Morgan fingerprint density at radius 2 is 2.53 bits per heavy atom. The number of amides is 1. The van der Waals surface area contributed by atoms with Crippen LogP contribution in [0.4, 0.5) is 5.82 Å². The summed E-state index contributed by atoms with van der Waals surface area (Å²) in [6, 6.07) is 0.208. The van der Waals surface area contributed by atoms with E-state index in [0.717, 1.165) is 12.3 Å². The van der Waals surface area contributed by atoms with Crippen LogP contribution >= 0.6 is 0 Å². The molecule has 0 aliphatic heterocycles. The molecule has 1 unspecified atom stereocenters. The molecule has 5 nitrogen and oxygen atoms in total. The number of nitrogen functional groups attached to an aromatic ring is 1. The fourth-order valence-corrected chi connectivity index (χ4v) is 1.69. The first-order valence-corrected chi connectivity index (χ1v) is 5.26. The second-order valence-corrected chi connectivity index (χ2v) is 4.25. The number of anilines is 1. The highest BCUT2D eigenvalue weighted by Gasteiger charge is 2.24. The predicted octanol–water partition coefficient (Wildman–Crippen LogP) is 0.910. The summed E-state index contributed by atoms with van der Waals surface area (Å²) in [4.78, 5) is 11.7. The van der Waals surface area contributed by atoms with Crippen molar-refractivity contribution in [1.29, 1.82) is 0 Å². The smallest absolute Gasteiger partial charge is 0.256 e. The molecule has 0 saturated heterocycles. The number of hydrogen-bond acceptors (Lipinski definition) is 3. The van der Waals surface area contributed by atoms with Gasteiger partial charge in [-0.15, -0.1) is 0 Å². The van der Waals surface area contributed by atoms with Gasteiger partial charge in [0.15, 0.2) is 0 Å². The molecule has 1 atom stereocenters. The van der Waals surface area contributed by atoms with Crippen LogP contribution in [0.1, 0.15) is 36.5 Å². The third kappa shape index (κ3) is 2.49. The summed E-state index contributed by atoms with van der Waals surface area (Å²) < 4.78 is 0. The number of rotatable bonds is 4. The average molecular weight is 208 g/mol. The van der Waals surface area contributed by atoms with Gasteiger partial charge in [-0.25, -0.2) is 0 Å². The number of nitrogens with zero attached hydrogens (tertiary/aromatic N) is 1. The van der Waals surface area contributed by atoms with E-state index in [-0.39, 0.29) is 11.9 Å². The first kappa shape index (κ1) is 10.0. The summed E-state index contributed by atoms with van der Waals surface area (Å²) in [5.41, 5.74) is 5.98. The van der Waals surface area contributed by atoms with Gasteiger partial charge in [-0.1, -0.05) is 12.8 Å². The lowest BCUT2D eigenvalue weighted by molar-refractivity contribution is 0.0938. The molecule has 1 aliphatic carbocycles. The van der Waals surface area contributed by atoms with E-state index in [1.807, 2.05) is 6.92 Å². The minimum Gasteiger partial charge on any atom is -0.383 e. The standard InChI is InChI=1S/C10H16N4O/c1-6(4-7-2-3-7)13-10(15)8-5-12-14-9(8)11/h5-7H,2-4H2,1H3,(H,13,15)(H3,11,12,14). The Bertz CT molecular complexity index is 356. The Balaban J connectivity index is 1.88. The molecule has 5 heteroatoms. The third-order valence-electron chi connectivity index (χ3n) is 2.67. The zero-order valence-corrected chi connectivity index (χ0v) is 8.79. The second kappa shape index (κ2) is 3.92. The van der Waals surface area contributed by atoms with Gasteiger partial charge in [0.25, 0.3) is 5.91 Å². The molecule has 1 fully saturated rings. The van der Waals surface area contributed by atoms with Crippen LogP contribution in [0.25, 0.3) is 0 Å². The molecular weight excluding hydrogens is 192 g/mol. The van der Waals surface area contributed by atoms with Crippen LogP contribution in [0.15, 0.2) is 6.20 Å². The van der Waals surface area contributed by atoms with Gasteiger partial charge in [0.2, 0.25) is 0 Å². The van der Waals surface area contributed by atoms with Gasteiger partial charge in [0.1, 0.15) is 11.4 Å². The van der Waals surface area contributed by atoms with Crippen molar-refractivity contribution in [2.75, 3.05) is 5.73 Å². The van der Waals surface area contributed by atoms with Crippen LogP contribution in [0, 0.1) is 5.92 Å². The number of nitrogens with two attached hydrogens (primary N) is 1. The van der Waals surface area contributed by atoms with E-state index in [1.165, 1.54) is 19.0 Å². The molecule has 1 saturated carbocycles. The van der Waals surface area contributed by atoms with E-state index in [0.29, 0.717) is 11.4 Å². The van der Waals surface area contributed by atoms with Crippen molar-refractivity contribution in [3.8, 4) is 0 Å². The molecule has 0 spiro atoms. The SMILES string of the molecule is CC(CC1CC1)NC(=O)c1cn[nH]c1N.